The summed E-state index contributed by atoms with van der Waals surface area (Å²) in [6.07, 6.45) is 5.85. The highest BCUT2D eigenvalue weighted by Gasteiger charge is 2.24. The molecule has 1 fully saturated rings. The Kier molecular flexibility index (Phi) is 5.22. The van der Waals surface area contributed by atoms with Gasteiger partial charge in [-0.25, -0.2) is 0 Å². The molecule has 1 N–H and O–H groups in total. The fourth-order valence-corrected chi connectivity index (χ4v) is 4.25. The van der Waals surface area contributed by atoms with E-state index in [0.717, 1.165) is 30.2 Å². The van der Waals surface area contributed by atoms with Crippen LogP contribution in [0, 0.1) is 0 Å². The van der Waals surface area contributed by atoms with Crippen molar-refractivity contribution in [3.8, 4) is 11.5 Å². The largest absolute Gasteiger partial charge is 0.454 e. The highest BCUT2D eigenvalue weighted by Crippen LogP contribution is 2.32. The van der Waals surface area contributed by atoms with Crippen LogP contribution in [0.3, 0.4) is 0 Å². The molecule has 1 amide bonds. The molecule has 1 aromatic carbocycles. The second kappa shape index (κ2) is 7.93. The molecule has 3 heterocycles. The van der Waals surface area contributed by atoms with Crippen LogP contribution in [0.5, 0.6) is 11.5 Å². The van der Waals surface area contributed by atoms with E-state index in [2.05, 4.69) is 27.7 Å². The molecule has 2 aliphatic heterocycles. The number of nitrogens with zero attached hydrogens (tertiary/aromatic N) is 1. The van der Waals surface area contributed by atoms with Crippen molar-refractivity contribution in [3.63, 3.8) is 0 Å². The lowest BCUT2D eigenvalue weighted by molar-refractivity contribution is -0.116. The first-order chi connectivity index (χ1) is 12.8. The number of hydrogen-bond acceptors (Lipinski definition) is 5. The number of likely N-dealkylation sites (tertiary alicyclic amines) is 1. The zero-order chi connectivity index (χ0) is 17.8. The fourth-order valence-electron chi connectivity index (χ4n) is 3.39. The quantitative estimate of drug-likeness (QED) is 0.792. The topological polar surface area (TPSA) is 50.8 Å². The molecule has 136 valence electrons. The van der Waals surface area contributed by atoms with Gasteiger partial charge in [0.25, 0.3) is 0 Å². The van der Waals surface area contributed by atoms with E-state index < -0.39 is 0 Å². The summed E-state index contributed by atoms with van der Waals surface area (Å²) in [4.78, 5) is 16.0. The van der Waals surface area contributed by atoms with Crippen LogP contribution in [-0.2, 0) is 4.79 Å². The molecule has 2 aromatic rings. The van der Waals surface area contributed by atoms with Gasteiger partial charge in [-0.05, 0) is 61.1 Å². The van der Waals surface area contributed by atoms with Gasteiger partial charge in [0.15, 0.2) is 11.5 Å². The van der Waals surface area contributed by atoms with Crippen molar-refractivity contribution in [2.45, 2.75) is 18.9 Å². The van der Waals surface area contributed by atoms with Crippen LogP contribution in [0.4, 0.5) is 0 Å². The van der Waals surface area contributed by atoms with Crippen molar-refractivity contribution < 1.29 is 14.3 Å². The maximum atomic E-state index is 12.3. The minimum absolute atomic E-state index is 0.0802. The molecule has 4 rings (SSSR count). The molecule has 1 unspecified atom stereocenters. The predicted molar refractivity (Wildman–Crippen MR) is 102 cm³/mol. The van der Waals surface area contributed by atoms with Crippen molar-refractivity contribution in [1.29, 1.82) is 0 Å². The molecule has 6 heteroatoms. The average molecular weight is 370 g/mol. The van der Waals surface area contributed by atoms with Crippen LogP contribution < -0.4 is 14.8 Å². The van der Waals surface area contributed by atoms with Crippen molar-refractivity contribution >= 4 is 23.3 Å². The van der Waals surface area contributed by atoms with Gasteiger partial charge in [-0.1, -0.05) is 12.1 Å². The van der Waals surface area contributed by atoms with E-state index >= 15 is 0 Å². The highest BCUT2D eigenvalue weighted by atomic mass is 32.1. The Balaban J connectivity index is 1.36. The minimum Gasteiger partial charge on any atom is -0.454 e. The third-order valence-electron chi connectivity index (χ3n) is 4.75. The average Bonchev–Trinajstić information content (AvgIpc) is 3.41. The summed E-state index contributed by atoms with van der Waals surface area (Å²) < 4.78 is 10.7. The monoisotopic (exact) mass is 370 g/mol. The van der Waals surface area contributed by atoms with Gasteiger partial charge in [-0.15, -0.1) is 11.3 Å². The Morgan fingerprint density at radius 3 is 2.88 bits per heavy atom. The lowest BCUT2D eigenvalue weighted by Gasteiger charge is -2.26. The maximum Gasteiger partial charge on any atom is 0.244 e. The van der Waals surface area contributed by atoms with Crippen LogP contribution >= 0.6 is 11.3 Å². The molecule has 0 aliphatic carbocycles. The van der Waals surface area contributed by atoms with E-state index in [1.807, 2.05) is 18.2 Å². The Morgan fingerprint density at radius 1 is 1.23 bits per heavy atom. The van der Waals surface area contributed by atoms with Gasteiger partial charge < -0.3 is 14.8 Å². The number of carbonyl (C=O) groups excluding carboxylic acids is 1. The molecule has 5 nitrogen and oxygen atoms in total. The molecule has 1 aromatic heterocycles. The number of thiophene rings is 1. The summed E-state index contributed by atoms with van der Waals surface area (Å²) >= 11 is 1.75. The highest BCUT2D eigenvalue weighted by molar-refractivity contribution is 7.10. The standard InChI is InChI=1S/C20H22N2O3S/c23-20(8-6-15-5-7-17-18(12-15)25-14-24-17)21-13-16(19-4-3-11-26-19)22-9-1-2-10-22/h3-8,11-12,16H,1-2,9-10,13-14H2,(H,21,23)/b8-6+. The van der Waals surface area contributed by atoms with Gasteiger partial charge in [-0.3, -0.25) is 9.69 Å². The Morgan fingerprint density at radius 2 is 2.08 bits per heavy atom. The Labute approximate surface area is 157 Å². The number of benzene rings is 1. The summed E-state index contributed by atoms with van der Waals surface area (Å²) in [5.74, 6) is 1.39. The van der Waals surface area contributed by atoms with Gasteiger partial charge in [0.2, 0.25) is 12.7 Å². The fraction of sp³-hybridized carbons (Fsp3) is 0.350. The molecule has 0 bridgehead atoms. The lowest BCUT2D eigenvalue weighted by atomic mass is 10.2. The van der Waals surface area contributed by atoms with Crippen molar-refractivity contribution in [3.05, 3.63) is 52.2 Å². The first-order valence-electron chi connectivity index (χ1n) is 8.92. The number of fused-ring (bicyclic) bond motifs is 1. The number of amides is 1. The van der Waals surface area contributed by atoms with Crippen molar-refractivity contribution in [2.24, 2.45) is 0 Å². The SMILES string of the molecule is O=C(/C=C/c1ccc2c(c1)OCO2)NCC(c1cccs1)N1CCCC1. The summed E-state index contributed by atoms with van der Waals surface area (Å²) in [6, 6.07) is 10.1. The van der Waals surface area contributed by atoms with Gasteiger partial charge in [0.05, 0.1) is 6.04 Å². The molecular weight excluding hydrogens is 348 g/mol. The molecule has 0 spiro atoms. The van der Waals surface area contributed by atoms with Crippen LogP contribution in [0.2, 0.25) is 0 Å². The summed E-state index contributed by atoms with van der Waals surface area (Å²) in [7, 11) is 0. The van der Waals surface area contributed by atoms with Crippen LogP contribution in [0.1, 0.15) is 29.3 Å². The van der Waals surface area contributed by atoms with Gasteiger partial charge in [0, 0.05) is 17.5 Å². The Hall–Kier alpha value is -2.31. The number of hydrogen-bond donors (Lipinski definition) is 1. The van der Waals surface area contributed by atoms with E-state index in [1.54, 1.807) is 23.5 Å². The second-order valence-electron chi connectivity index (χ2n) is 6.47. The van der Waals surface area contributed by atoms with Crippen LogP contribution in [0.15, 0.2) is 41.8 Å². The predicted octanol–water partition coefficient (Wildman–Crippen LogP) is 3.44. The van der Waals surface area contributed by atoms with E-state index in [0.29, 0.717) is 6.54 Å². The molecule has 0 radical (unpaired) electrons. The summed E-state index contributed by atoms with van der Waals surface area (Å²) in [5.41, 5.74) is 0.916. The van der Waals surface area contributed by atoms with E-state index in [9.17, 15) is 4.79 Å². The van der Waals surface area contributed by atoms with Crippen LogP contribution in [-0.4, -0.2) is 37.2 Å². The molecule has 1 atom stereocenters. The van der Waals surface area contributed by atoms with Gasteiger partial charge in [0.1, 0.15) is 0 Å². The molecule has 26 heavy (non-hydrogen) atoms. The number of nitrogens with one attached hydrogen (secondary N) is 1. The first-order valence-corrected chi connectivity index (χ1v) is 9.80. The zero-order valence-electron chi connectivity index (χ0n) is 14.5. The third-order valence-corrected chi connectivity index (χ3v) is 5.72. The van der Waals surface area contributed by atoms with Gasteiger partial charge >= 0.3 is 0 Å². The van der Waals surface area contributed by atoms with Crippen molar-refractivity contribution in [2.75, 3.05) is 26.4 Å². The third kappa shape index (κ3) is 3.92. The summed E-state index contributed by atoms with van der Waals surface area (Å²) in [6.45, 7) is 3.09. The molecular formula is C20H22N2O3S. The smallest absolute Gasteiger partial charge is 0.244 e. The van der Waals surface area contributed by atoms with E-state index in [1.165, 1.54) is 17.7 Å². The van der Waals surface area contributed by atoms with E-state index in [4.69, 9.17) is 9.47 Å². The maximum absolute atomic E-state index is 12.3. The molecule has 1 saturated heterocycles. The zero-order valence-corrected chi connectivity index (χ0v) is 15.3. The minimum atomic E-state index is -0.0802. The molecule has 0 saturated carbocycles. The first kappa shape index (κ1) is 17.1. The lowest BCUT2D eigenvalue weighted by Crippen LogP contribution is -2.35. The van der Waals surface area contributed by atoms with Crippen LogP contribution in [0.25, 0.3) is 6.08 Å². The molecule has 2 aliphatic rings. The normalized spacial score (nSPS) is 17.7. The Bertz CT molecular complexity index is 782. The number of carbonyl (C=O) groups is 1. The van der Waals surface area contributed by atoms with E-state index in [-0.39, 0.29) is 18.7 Å². The second-order valence-corrected chi connectivity index (χ2v) is 7.44. The van der Waals surface area contributed by atoms with Gasteiger partial charge in [-0.2, -0.15) is 0 Å². The number of ether oxygens (including phenoxy) is 2. The van der Waals surface area contributed by atoms with Crippen molar-refractivity contribution in [1.82, 2.24) is 10.2 Å². The summed E-state index contributed by atoms with van der Waals surface area (Å²) in [5, 5.41) is 5.15. The number of rotatable bonds is 6.